The van der Waals surface area contributed by atoms with Crippen molar-refractivity contribution in [2.24, 2.45) is 0 Å². The molecule has 18 heavy (non-hydrogen) atoms. The summed E-state index contributed by atoms with van der Waals surface area (Å²) in [5.74, 6) is 0. The average molecular weight is 239 g/mol. The SMILES string of the molecule is Cc1cc(C(C)(C)C)cc(C)c1-c1cccnc1. The summed E-state index contributed by atoms with van der Waals surface area (Å²) < 4.78 is 0. The van der Waals surface area contributed by atoms with Gasteiger partial charge in [-0.2, -0.15) is 0 Å². The maximum Gasteiger partial charge on any atom is 0.0346 e. The van der Waals surface area contributed by atoms with Gasteiger partial charge in [-0.1, -0.05) is 39.0 Å². The van der Waals surface area contributed by atoms with Crippen LogP contribution in [-0.4, -0.2) is 4.98 Å². The van der Waals surface area contributed by atoms with Crippen LogP contribution in [0.25, 0.3) is 11.1 Å². The smallest absolute Gasteiger partial charge is 0.0346 e. The number of rotatable bonds is 1. The molecule has 0 atom stereocenters. The second-order valence-corrected chi connectivity index (χ2v) is 5.98. The first-order chi connectivity index (χ1) is 8.39. The third-order valence-corrected chi connectivity index (χ3v) is 3.35. The molecule has 1 heteroatoms. The maximum atomic E-state index is 4.21. The van der Waals surface area contributed by atoms with Crippen molar-refractivity contribution in [1.82, 2.24) is 4.98 Å². The van der Waals surface area contributed by atoms with Gasteiger partial charge in [-0.15, -0.1) is 0 Å². The Hall–Kier alpha value is -1.63. The first-order valence-corrected chi connectivity index (χ1v) is 6.42. The van der Waals surface area contributed by atoms with Crippen molar-refractivity contribution in [2.45, 2.75) is 40.0 Å². The van der Waals surface area contributed by atoms with Gasteiger partial charge in [0.25, 0.3) is 0 Å². The van der Waals surface area contributed by atoms with Crippen LogP contribution in [-0.2, 0) is 5.41 Å². The quantitative estimate of drug-likeness (QED) is 0.705. The van der Waals surface area contributed by atoms with Gasteiger partial charge in [-0.3, -0.25) is 4.98 Å². The van der Waals surface area contributed by atoms with Crippen LogP contribution in [0.1, 0.15) is 37.5 Å². The number of pyridine rings is 1. The van der Waals surface area contributed by atoms with E-state index < -0.39 is 0 Å². The number of hydrogen-bond acceptors (Lipinski definition) is 1. The van der Waals surface area contributed by atoms with Gasteiger partial charge < -0.3 is 0 Å². The third kappa shape index (κ3) is 2.45. The van der Waals surface area contributed by atoms with E-state index in [1.165, 1.54) is 27.8 Å². The fourth-order valence-electron chi connectivity index (χ4n) is 2.36. The first kappa shape index (κ1) is 12.8. The van der Waals surface area contributed by atoms with E-state index in [0.717, 1.165) is 0 Å². The lowest BCUT2D eigenvalue weighted by Gasteiger charge is -2.22. The van der Waals surface area contributed by atoms with Crippen molar-refractivity contribution in [1.29, 1.82) is 0 Å². The minimum absolute atomic E-state index is 0.197. The fraction of sp³-hybridized carbons (Fsp3) is 0.353. The van der Waals surface area contributed by atoms with Gasteiger partial charge in [-0.25, -0.2) is 0 Å². The Morgan fingerprint density at radius 2 is 1.61 bits per heavy atom. The molecule has 94 valence electrons. The van der Waals surface area contributed by atoms with Crippen molar-refractivity contribution in [3.63, 3.8) is 0 Å². The number of benzene rings is 1. The van der Waals surface area contributed by atoms with Gasteiger partial charge in [0.15, 0.2) is 0 Å². The van der Waals surface area contributed by atoms with E-state index in [4.69, 9.17) is 0 Å². The lowest BCUT2D eigenvalue weighted by atomic mass is 9.83. The highest BCUT2D eigenvalue weighted by Gasteiger charge is 2.16. The zero-order valence-corrected chi connectivity index (χ0v) is 11.9. The summed E-state index contributed by atoms with van der Waals surface area (Å²) in [5, 5.41) is 0. The van der Waals surface area contributed by atoms with E-state index >= 15 is 0 Å². The molecule has 0 bridgehead atoms. The molecule has 0 amide bonds. The Morgan fingerprint density at radius 3 is 2.06 bits per heavy atom. The number of aryl methyl sites for hydroxylation is 2. The van der Waals surface area contributed by atoms with Crippen molar-refractivity contribution < 1.29 is 0 Å². The molecule has 2 rings (SSSR count). The summed E-state index contributed by atoms with van der Waals surface area (Å²) in [4.78, 5) is 4.21. The first-order valence-electron chi connectivity index (χ1n) is 6.42. The molecule has 0 spiro atoms. The molecular weight excluding hydrogens is 218 g/mol. The Kier molecular flexibility index (Phi) is 3.25. The van der Waals surface area contributed by atoms with Crippen LogP contribution >= 0.6 is 0 Å². The minimum atomic E-state index is 0.197. The lowest BCUT2D eigenvalue weighted by molar-refractivity contribution is 0.589. The summed E-state index contributed by atoms with van der Waals surface area (Å²) in [5.41, 5.74) is 6.76. The second-order valence-electron chi connectivity index (χ2n) is 5.98. The standard InChI is InChI=1S/C17H21N/c1-12-9-15(17(3,4)5)10-13(2)16(12)14-7-6-8-18-11-14/h6-11H,1-5H3. The molecule has 1 nitrogen and oxygen atoms in total. The van der Waals surface area contributed by atoms with E-state index in [1.54, 1.807) is 0 Å². The Balaban J connectivity index is 2.59. The van der Waals surface area contributed by atoms with Crippen molar-refractivity contribution in [3.8, 4) is 11.1 Å². The Labute approximate surface area is 110 Å². The number of hydrogen-bond donors (Lipinski definition) is 0. The van der Waals surface area contributed by atoms with E-state index in [2.05, 4.69) is 57.8 Å². The van der Waals surface area contributed by atoms with Crippen LogP contribution in [0.2, 0.25) is 0 Å². The maximum absolute atomic E-state index is 4.21. The van der Waals surface area contributed by atoms with Crippen molar-refractivity contribution in [2.75, 3.05) is 0 Å². The second kappa shape index (κ2) is 4.56. The summed E-state index contributed by atoms with van der Waals surface area (Å²) in [6.45, 7) is 11.1. The molecule has 0 saturated heterocycles. The van der Waals surface area contributed by atoms with E-state index in [0.29, 0.717) is 0 Å². The predicted molar refractivity (Wildman–Crippen MR) is 77.8 cm³/mol. The van der Waals surface area contributed by atoms with Crippen molar-refractivity contribution >= 4 is 0 Å². The highest BCUT2D eigenvalue weighted by molar-refractivity contribution is 5.70. The number of aromatic nitrogens is 1. The molecule has 0 radical (unpaired) electrons. The largest absolute Gasteiger partial charge is 0.264 e. The number of nitrogens with zero attached hydrogens (tertiary/aromatic N) is 1. The van der Waals surface area contributed by atoms with Crippen LogP contribution in [0.5, 0.6) is 0 Å². The van der Waals surface area contributed by atoms with Crippen LogP contribution in [0.15, 0.2) is 36.7 Å². The Bertz CT molecular complexity index is 525. The van der Waals surface area contributed by atoms with Crippen LogP contribution in [0.4, 0.5) is 0 Å². The molecule has 1 aromatic heterocycles. The molecule has 0 N–H and O–H groups in total. The van der Waals surface area contributed by atoms with Gasteiger partial charge in [-0.05, 0) is 47.6 Å². The van der Waals surface area contributed by atoms with Crippen molar-refractivity contribution in [3.05, 3.63) is 53.3 Å². The molecule has 0 aliphatic carbocycles. The van der Waals surface area contributed by atoms with Gasteiger partial charge in [0, 0.05) is 18.0 Å². The monoisotopic (exact) mass is 239 g/mol. The zero-order valence-electron chi connectivity index (χ0n) is 11.9. The summed E-state index contributed by atoms with van der Waals surface area (Å²) in [7, 11) is 0. The third-order valence-electron chi connectivity index (χ3n) is 3.35. The van der Waals surface area contributed by atoms with Gasteiger partial charge in [0.2, 0.25) is 0 Å². The molecule has 1 heterocycles. The van der Waals surface area contributed by atoms with Gasteiger partial charge >= 0.3 is 0 Å². The highest BCUT2D eigenvalue weighted by Crippen LogP contribution is 2.32. The van der Waals surface area contributed by atoms with E-state index in [9.17, 15) is 0 Å². The molecule has 0 fully saturated rings. The molecule has 1 aromatic carbocycles. The lowest BCUT2D eigenvalue weighted by Crippen LogP contribution is -2.12. The van der Waals surface area contributed by atoms with E-state index in [1.807, 2.05) is 18.5 Å². The van der Waals surface area contributed by atoms with Crippen LogP contribution in [0.3, 0.4) is 0 Å². The van der Waals surface area contributed by atoms with Gasteiger partial charge in [0.05, 0.1) is 0 Å². The zero-order chi connectivity index (χ0) is 13.3. The van der Waals surface area contributed by atoms with Crippen LogP contribution < -0.4 is 0 Å². The molecule has 2 aromatic rings. The molecule has 0 saturated carbocycles. The van der Waals surface area contributed by atoms with Gasteiger partial charge in [0.1, 0.15) is 0 Å². The molecular formula is C17H21N. The fourth-order valence-corrected chi connectivity index (χ4v) is 2.36. The minimum Gasteiger partial charge on any atom is -0.264 e. The summed E-state index contributed by atoms with van der Waals surface area (Å²) in [6.07, 6.45) is 3.75. The van der Waals surface area contributed by atoms with Crippen LogP contribution in [0, 0.1) is 13.8 Å². The Morgan fingerprint density at radius 1 is 1.00 bits per heavy atom. The molecule has 0 aliphatic rings. The molecule has 0 unspecified atom stereocenters. The normalized spacial score (nSPS) is 11.6. The summed E-state index contributed by atoms with van der Waals surface area (Å²) in [6, 6.07) is 8.72. The highest BCUT2D eigenvalue weighted by atomic mass is 14.6. The van der Waals surface area contributed by atoms with E-state index in [-0.39, 0.29) is 5.41 Å². The molecule has 0 aliphatic heterocycles. The topological polar surface area (TPSA) is 12.9 Å². The predicted octanol–water partition coefficient (Wildman–Crippen LogP) is 4.66. The average Bonchev–Trinajstić information content (AvgIpc) is 2.28. The summed E-state index contributed by atoms with van der Waals surface area (Å²) >= 11 is 0.